The first-order valence-electron chi connectivity index (χ1n) is 8.48. The van der Waals surface area contributed by atoms with Crippen LogP contribution in [-0.4, -0.2) is 69.2 Å². The van der Waals surface area contributed by atoms with Crippen molar-refractivity contribution >= 4 is 46.7 Å². The van der Waals surface area contributed by atoms with Gasteiger partial charge >= 0.3 is 0 Å². The largest absolute Gasteiger partial charge is 0.383 e. The van der Waals surface area contributed by atoms with Gasteiger partial charge in [0.1, 0.15) is 12.4 Å². The lowest BCUT2D eigenvalue weighted by Gasteiger charge is -2.13. The van der Waals surface area contributed by atoms with Crippen molar-refractivity contribution in [1.82, 2.24) is 20.5 Å². The fraction of sp³-hybridized carbons (Fsp3) is 0.444. The van der Waals surface area contributed by atoms with Crippen LogP contribution in [0.2, 0.25) is 0 Å². The van der Waals surface area contributed by atoms with Crippen molar-refractivity contribution in [1.29, 1.82) is 0 Å². The number of hydrogen-bond acceptors (Lipinski definition) is 3. The Balaban J connectivity index is 0.00000364. The molecule has 1 heterocycles. The molecule has 0 saturated heterocycles. The van der Waals surface area contributed by atoms with E-state index in [1.165, 1.54) is 17.0 Å². The maximum Gasteiger partial charge on any atom is 0.243 e. The number of H-pyrrole nitrogens is 1. The summed E-state index contributed by atoms with van der Waals surface area (Å²) in [5.41, 5.74) is 1.87. The SMILES string of the molecule is COCCNC(=NCC(=O)N(C)C)NCCc1c[nH]c2cc(F)ccc12.I. The van der Waals surface area contributed by atoms with Gasteiger partial charge in [0.2, 0.25) is 5.91 Å². The highest BCUT2D eigenvalue weighted by Gasteiger charge is 2.07. The highest BCUT2D eigenvalue weighted by Crippen LogP contribution is 2.19. The fourth-order valence-electron chi connectivity index (χ4n) is 2.41. The van der Waals surface area contributed by atoms with E-state index in [2.05, 4.69) is 20.6 Å². The van der Waals surface area contributed by atoms with Crippen molar-refractivity contribution in [3.05, 3.63) is 35.8 Å². The summed E-state index contributed by atoms with van der Waals surface area (Å²) >= 11 is 0. The number of halogens is 2. The highest BCUT2D eigenvalue weighted by atomic mass is 127. The molecule has 2 rings (SSSR count). The van der Waals surface area contributed by atoms with Gasteiger partial charge in [-0.2, -0.15) is 0 Å². The van der Waals surface area contributed by atoms with Gasteiger partial charge in [-0.05, 0) is 30.2 Å². The Hall–Kier alpha value is -1.88. The minimum Gasteiger partial charge on any atom is -0.383 e. The minimum absolute atomic E-state index is 0. The van der Waals surface area contributed by atoms with Gasteiger partial charge < -0.3 is 25.3 Å². The van der Waals surface area contributed by atoms with E-state index in [1.54, 1.807) is 27.3 Å². The molecular formula is C18H27FIN5O2. The van der Waals surface area contributed by atoms with Crippen molar-refractivity contribution in [2.45, 2.75) is 6.42 Å². The molecule has 0 radical (unpaired) electrons. The van der Waals surface area contributed by atoms with Crippen LogP contribution in [0.5, 0.6) is 0 Å². The molecule has 0 saturated carbocycles. The molecule has 1 aromatic carbocycles. The summed E-state index contributed by atoms with van der Waals surface area (Å²) in [5, 5.41) is 7.34. The molecule has 7 nitrogen and oxygen atoms in total. The first-order valence-corrected chi connectivity index (χ1v) is 8.48. The summed E-state index contributed by atoms with van der Waals surface area (Å²) in [4.78, 5) is 20.6. The number of fused-ring (bicyclic) bond motifs is 1. The predicted molar refractivity (Wildman–Crippen MR) is 116 cm³/mol. The number of benzene rings is 1. The molecule has 2 aromatic rings. The van der Waals surface area contributed by atoms with Crippen LogP contribution in [0.4, 0.5) is 4.39 Å². The number of guanidine groups is 1. The average Bonchev–Trinajstić information content (AvgIpc) is 3.01. The lowest BCUT2D eigenvalue weighted by Crippen LogP contribution is -2.40. The standard InChI is InChI=1S/C18H26FN5O2.HI/c1-24(2)17(25)12-23-18(21-8-9-26-3)20-7-6-13-11-22-16-10-14(19)4-5-15(13)16;/h4-5,10-11,22H,6-9,12H2,1-3H3,(H2,20,21,23);1H. The number of ether oxygens (including phenoxy) is 1. The summed E-state index contributed by atoms with van der Waals surface area (Å²) in [6.45, 7) is 1.82. The van der Waals surface area contributed by atoms with Crippen LogP contribution in [0.25, 0.3) is 10.9 Å². The number of carbonyl (C=O) groups is 1. The van der Waals surface area contributed by atoms with Crippen molar-refractivity contribution in [2.75, 3.05) is 47.4 Å². The lowest BCUT2D eigenvalue weighted by molar-refractivity contribution is -0.127. The Bertz CT molecular complexity index is 763. The number of aromatic nitrogens is 1. The fourth-order valence-corrected chi connectivity index (χ4v) is 2.41. The van der Waals surface area contributed by atoms with Gasteiger partial charge in [0.05, 0.1) is 6.61 Å². The number of hydrogen-bond donors (Lipinski definition) is 3. The predicted octanol–water partition coefficient (Wildman–Crippen LogP) is 1.74. The van der Waals surface area contributed by atoms with E-state index in [4.69, 9.17) is 4.74 Å². The molecule has 0 spiro atoms. The second-order valence-electron chi connectivity index (χ2n) is 6.05. The summed E-state index contributed by atoms with van der Waals surface area (Å²) in [5.74, 6) is 0.228. The number of methoxy groups -OCH3 is 1. The van der Waals surface area contributed by atoms with Crippen LogP contribution in [0.3, 0.4) is 0 Å². The molecule has 0 atom stereocenters. The van der Waals surface area contributed by atoms with Crippen molar-refractivity contribution in [2.24, 2.45) is 4.99 Å². The first-order chi connectivity index (χ1) is 12.5. The zero-order valence-electron chi connectivity index (χ0n) is 15.8. The Labute approximate surface area is 175 Å². The molecule has 1 aromatic heterocycles. The van der Waals surface area contributed by atoms with Gasteiger partial charge in [0.25, 0.3) is 0 Å². The quantitative estimate of drug-likeness (QED) is 0.228. The second-order valence-corrected chi connectivity index (χ2v) is 6.05. The number of nitrogens with one attached hydrogen (secondary N) is 3. The third-order valence-corrected chi connectivity index (χ3v) is 3.89. The molecule has 3 N–H and O–H groups in total. The third-order valence-electron chi connectivity index (χ3n) is 3.89. The number of amides is 1. The molecule has 27 heavy (non-hydrogen) atoms. The highest BCUT2D eigenvalue weighted by molar-refractivity contribution is 14.0. The molecule has 0 bridgehead atoms. The molecular weight excluding hydrogens is 464 g/mol. The van der Waals surface area contributed by atoms with Crippen molar-refractivity contribution in [3.8, 4) is 0 Å². The Morgan fingerprint density at radius 3 is 2.74 bits per heavy atom. The number of likely N-dealkylation sites (N-methyl/N-ethyl adjacent to an activating group) is 1. The molecule has 0 aliphatic heterocycles. The van der Waals surface area contributed by atoms with Crippen LogP contribution in [-0.2, 0) is 16.0 Å². The number of nitrogens with zero attached hydrogens (tertiary/aromatic N) is 2. The zero-order chi connectivity index (χ0) is 18.9. The van der Waals surface area contributed by atoms with E-state index in [1.807, 2.05) is 6.20 Å². The summed E-state index contributed by atoms with van der Waals surface area (Å²) in [6, 6.07) is 4.72. The molecule has 0 aliphatic carbocycles. The monoisotopic (exact) mass is 491 g/mol. The second kappa shape index (κ2) is 11.8. The van der Waals surface area contributed by atoms with Crippen molar-refractivity contribution in [3.63, 3.8) is 0 Å². The number of aliphatic imine (C=N–C) groups is 1. The molecule has 9 heteroatoms. The van der Waals surface area contributed by atoms with Crippen LogP contribution < -0.4 is 10.6 Å². The minimum atomic E-state index is -0.258. The normalized spacial score (nSPS) is 11.2. The molecule has 0 aliphatic rings. The molecule has 0 fully saturated rings. The van der Waals surface area contributed by atoms with E-state index in [0.717, 1.165) is 22.9 Å². The Morgan fingerprint density at radius 1 is 1.30 bits per heavy atom. The summed E-state index contributed by atoms with van der Waals surface area (Å²) < 4.78 is 18.3. The number of aromatic amines is 1. The molecule has 1 amide bonds. The van der Waals surface area contributed by atoms with Gasteiger partial charge in [-0.15, -0.1) is 24.0 Å². The third kappa shape index (κ3) is 7.33. The number of rotatable bonds is 8. The van der Waals surface area contributed by atoms with Crippen molar-refractivity contribution < 1.29 is 13.9 Å². The van der Waals surface area contributed by atoms with Crippen LogP contribution in [0.1, 0.15) is 5.56 Å². The lowest BCUT2D eigenvalue weighted by atomic mass is 10.1. The van der Waals surface area contributed by atoms with E-state index >= 15 is 0 Å². The maximum absolute atomic E-state index is 13.3. The van der Waals surface area contributed by atoms with E-state index < -0.39 is 0 Å². The topological polar surface area (TPSA) is 81.8 Å². The van der Waals surface area contributed by atoms with Crippen LogP contribution >= 0.6 is 24.0 Å². The summed E-state index contributed by atoms with van der Waals surface area (Å²) in [6.07, 6.45) is 2.62. The zero-order valence-corrected chi connectivity index (χ0v) is 18.2. The first kappa shape index (κ1) is 23.2. The van der Waals surface area contributed by atoms with Crippen LogP contribution in [0.15, 0.2) is 29.4 Å². The van der Waals surface area contributed by atoms with Gasteiger partial charge in [-0.3, -0.25) is 4.79 Å². The van der Waals surface area contributed by atoms with Crippen LogP contribution in [0, 0.1) is 5.82 Å². The van der Waals surface area contributed by atoms with E-state index in [0.29, 0.717) is 25.7 Å². The Kier molecular flexibility index (Phi) is 10.1. The molecule has 150 valence electrons. The van der Waals surface area contributed by atoms with Gasteiger partial charge in [-0.1, -0.05) is 0 Å². The van der Waals surface area contributed by atoms with Gasteiger partial charge in [-0.25, -0.2) is 9.38 Å². The van der Waals surface area contributed by atoms with Gasteiger partial charge in [0.15, 0.2) is 5.96 Å². The van der Waals surface area contributed by atoms with E-state index in [9.17, 15) is 9.18 Å². The maximum atomic E-state index is 13.3. The number of carbonyl (C=O) groups excluding carboxylic acids is 1. The average molecular weight is 491 g/mol. The Morgan fingerprint density at radius 2 is 2.04 bits per heavy atom. The van der Waals surface area contributed by atoms with Gasteiger partial charge in [0, 0.05) is 51.4 Å². The smallest absolute Gasteiger partial charge is 0.243 e. The van der Waals surface area contributed by atoms with E-state index in [-0.39, 0.29) is 42.2 Å². The summed E-state index contributed by atoms with van der Waals surface area (Å²) in [7, 11) is 5.02. The molecule has 0 unspecified atom stereocenters.